The van der Waals surface area contributed by atoms with Crippen LogP contribution < -0.4 is 0 Å². The van der Waals surface area contributed by atoms with Crippen LogP contribution in [0.1, 0.15) is 45.4 Å². The van der Waals surface area contributed by atoms with E-state index in [4.69, 9.17) is 4.74 Å². The van der Waals surface area contributed by atoms with E-state index in [-0.39, 0.29) is 55.0 Å². The normalized spacial score (nSPS) is 24.2. The minimum absolute atomic E-state index is 0.0649. The zero-order valence-corrected chi connectivity index (χ0v) is 22.2. The van der Waals surface area contributed by atoms with Gasteiger partial charge in [-0.1, -0.05) is 50.0 Å². The third-order valence-corrected chi connectivity index (χ3v) is 8.61. The first-order valence-corrected chi connectivity index (χ1v) is 13.9. The number of hydrogen-bond acceptors (Lipinski definition) is 5. The van der Waals surface area contributed by atoms with Crippen molar-refractivity contribution in [1.82, 2.24) is 4.31 Å². The number of allylic oxidation sites excluding steroid dienone is 11. The number of hydrogen-bond donors (Lipinski definition) is 2. The monoisotopic (exact) mass is 545 g/mol. The molecule has 3 atom stereocenters. The molecule has 3 unspecified atom stereocenters. The first kappa shape index (κ1) is 31.1. The van der Waals surface area contributed by atoms with Crippen LogP contribution in [0.5, 0.6) is 0 Å². The zero-order valence-electron chi connectivity index (χ0n) is 21.4. The van der Waals surface area contributed by atoms with Crippen LogP contribution in [0.15, 0.2) is 71.4 Å². The predicted octanol–water partition coefficient (Wildman–Crippen LogP) is 5.37. The molecule has 0 bridgehead atoms. The Morgan fingerprint density at radius 3 is 2.59 bits per heavy atom. The molecule has 208 valence electrons. The van der Waals surface area contributed by atoms with E-state index in [1.54, 1.807) is 31.2 Å². The Morgan fingerprint density at radius 2 is 2.00 bits per heavy atom. The van der Waals surface area contributed by atoms with Crippen molar-refractivity contribution in [3.05, 3.63) is 71.4 Å². The maximum Gasteiger partial charge on any atom is 0.416 e. The van der Waals surface area contributed by atoms with E-state index >= 15 is 0 Å². The average molecular weight is 546 g/mol. The Labute approximate surface area is 218 Å². The molecule has 2 aliphatic rings. The molecule has 1 heterocycles. The van der Waals surface area contributed by atoms with E-state index in [9.17, 15) is 31.8 Å². The quantitative estimate of drug-likeness (QED) is 0.185. The van der Waals surface area contributed by atoms with Gasteiger partial charge in [0.25, 0.3) is 0 Å². The number of methoxy groups -OCH3 is 1. The van der Waals surface area contributed by atoms with Crippen LogP contribution in [-0.4, -0.2) is 55.6 Å². The fourth-order valence-electron chi connectivity index (χ4n) is 4.66. The molecule has 1 saturated heterocycles. The van der Waals surface area contributed by atoms with E-state index in [0.29, 0.717) is 25.0 Å². The predicted molar refractivity (Wildman–Crippen MR) is 138 cm³/mol. The Balaban J connectivity index is 2.18. The maximum atomic E-state index is 13.5. The van der Waals surface area contributed by atoms with Gasteiger partial charge in [0, 0.05) is 19.5 Å². The lowest BCUT2D eigenvalue weighted by atomic mass is 9.88. The van der Waals surface area contributed by atoms with Crippen molar-refractivity contribution in [1.29, 1.82) is 0 Å². The second-order valence-electron chi connectivity index (χ2n) is 9.36. The molecular formula is C27H38F3NO5S. The van der Waals surface area contributed by atoms with Gasteiger partial charge < -0.3 is 14.9 Å². The van der Waals surface area contributed by atoms with Gasteiger partial charge in [0.15, 0.2) is 6.29 Å². The summed E-state index contributed by atoms with van der Waals surface area (Å²) in [6.07, 6.45) is 7.48. The van der Waals surface area contributed by atoms with Gasteiger partial charge in [-0.3, -0.25) is 0 Å². The Morgan fingerprint density at radius 1 is 1.30 bits per heavy atom. The van der Waals surface area contributed by atoms with Gasteiger partial charge in [-0.05, 0) is 62.0 Å². The smallest absolute Gasteiger partial charge is 0.416 e. The van der Waals surface area contributed by atoms with Gasteiger partial charge in [-0.15, -0.1) is 0 Å². The van der Waals surface area contributed by atoms with E-state index in [0.717, 1.165) is 12.2 Å². The lowest BCUT2D eigenvalue weighted by molar-refractivity contribution is -0.0885. The molecule has 6 nitrogen and oxygen atoms in total. The molecule has 0 saturated carbocycles. The number of rotatable bonds is 13. The lowest BCUT2D eigenvalue weighted by Crippen LogP contribution is -2.31. The zero-order chi connectivity index (χ0) is 27.6. The molecular weight excluding hydrogens is 507 g/mol. The first-order valence-electron chi connectivity index (χ1n) is 12.4. The van der Waals surface area contributed by atoms with Crippen molar-refractivity contribution in [3.8, 4) is 0 Å². The highest BCUT2D eigenvalue weighted by atomic mass is 32.2. The van der Waals surface area contributed by atoms with Gasteiger partial charge in [0.2, 0.25) is 10.0 Å². The minimum Gasteiger partial charge on any atom is -0.501 e. The topological polar surface area (TPSA) is 87.1 Å². The average Bonchev–Trinajstić information content (AvgIpc) is 3.25. The number of ether oxygens (including phenoxy) is 1. The second-order valence-corrected chi connectivity index (χ2v) is 11.4. The van der Waals surface area contributed by atoms with Crippen molar-refractivity contribution in [2.75, 3.05) is 20.2 Å². The number of sulfonamides is 1. The number of aliphatic hydroxyl groups excluding tert-OH is 1. The van der Waals surface area contributed by atoms with Crippen molar-refractivity contribution < 1.29 is 36.5 Å². The van der Waals surface area contributed by atoms with Crippen LogP contribution in [0, 0.1) is 17.8 Å². The SMILES string of the molecule is C=C/C=C(\CC1CN(S(=O)(=O)C2=CC=CC(C/C=C(\C=C/CC)C(F)(F)F)C2)CC1CCC(O)O)OC. The van der Waals surface area contributed by atoms with Crippen molar-refractivity contribution >= 4 is 10.0 Å². The first-order chi connectivity index (χ1) is 17.4. The molecule has 2 rings (SSSR count). The molecule has 0 aromatic carbocycles. The van der Waals surface area contributed by atoms with Crippen molar-refractivity contribution in [3.63, 3.8) is 0 Å². The van der Waals surface area contributed by atoms with Crippen LogP contribution in [0.3, 0.4) is 0 Å². The van der Waals surface area contributed by atoms with Gasteiger partial charge in [0.05, 0.1) is 23.3 Å². The molecule has 0 aromatic rings. The largest absolute Gasteiger partial charge is 0.501 e. The molecule has 0 radical (unpaired) electrons. The molecule has 0 spiro atoms. The molecule has 10 heteroatoms. The number of aliphatic hydroxyl groups is 2. The van der Waals surface area contributed by atoms with E-state index in [1.165, 1.54) is 23.6 Å². The van der Waals surface area contributed by atoms with Crippen LogP contribution >= 0.6 is 0 Å². The number of halogens is 3. The van der Waals surface area contributed by atoms with Crippen LogP contribution in [-0.2, 0) is 14.8 Å². The third-order valence-electron chi connectivity index (χ3n) is 6.67. The molecule has 2 N–H and O–H groups in total. The van der Waals surface area contributed by atoms with Gasteiger partial charge in [-0.25, -0.2) is 8.42 Å². The molecule has 0 aromatic heterocycles. The van der Waals surface area contributed by atoms with Crippen LogP contribution in [0.25, 0.3) is 0 Å². The fraction of sp³-hybridized carbons (Fsp3) is 0.556. The number of nitrogens with zero attached hydrogens (tertiary/aromatic N) is 1. The molecule has 37 heavy (non-hydrogen) atoms. The second kappa shape index (κ2) is 14.1. The van der Waals surface area contributed by atoms with E-state index < -0.39 is 28.1 Å². The van der Waals surface area contributed by atoms with Crippen molar-refractivity contribution in [2.45, 2.75) is 57.9 Å². The summed E-state index contributed by atoms with van der Waals surface area (Å²) in [6, 6.07) is 0. The Bertz CT molecular complexity index is 1030. The van der Waals surface area contributed by atoms with Crippen LogP contribution in [0.4, 0.5) is 13.2 Å². The fourth-order valence-corrected chi connectivity index (χ4v) is 6.44. The molecule has 1 aliphatic heterocycles. The highest BCUT2D eigenvalue weighted by molar-refractivity contribution is 7.93. The Kier molecular flexibility index (Phi) is 11.9. The van der Waals surface area contributed by atoms with E-state index in [1.807, 2.05) is 0 Å². The van der Waals surface area contributed by atoms with Gasteiger partial charge in [-0.2, -0.15) is 17.5 Å². The van der Waals surface area contributed by atoms with Gasteiger partial charge >= 0.3 is 6.18 Å². The minimum atomic E-state index is -4.47. The highest BCUT2D eigenvalue weighted by Gasteiger charge is 2.41. The molecule has 0 amide bonds. The third kappa shape index (κ3) is 9.28. The van der Waals surface area contributed by atoms with Crippen molar-refractivity contribution in [2.24, 2.45) is 17.8 Å². The molecule has 1 aliphatic carbocycles. The summed E-state index contributed by atoms with van der Waals surface area (Å²) >= 11 is 0. The summed E-state index contributed by atoms with van der Waals surface area (Å²) in [6.45, 7) is 5.87. The maximum absolute atomic E-state index is 13.5. The summed E-state index contributed by atoms with van der Waals surface area (Å²) in [7, 11) is -2.33. The summed E-state index contributed by atoms with van der Waals surface area (Å²) in [5, 5.41) is 18.7. The van der Waals surface area contributed by atoms with Crippen LogP contribution in [0.2, 0.25) is 0 Å². The highest BCUT2D eigenvalue weighted by Crippen LogP contribution is 2.38. The Hall–Kier alpha value is -2.14. The summed E-state index contributed by atoms with van der Waals surface area (Å²) in [5.74, 6) is 0.0606. The van der Waals surface area contributed by atoms with Gasteiger partial charge in [0.1, 0.15) is 0 Å². The lowest BCUT2D eigenvalue weighted by Gasteiger charge is -2.23. The van der Waals surface area contributed by atoms with E-state index in [2.05, 4.69) is 6.58 Å². The standard InChI is InChI=1S/C27H38F3NO5S/c1-4-6-10-23(27(28,29)30)14-12-20-9-7-11-25(16-20)37(34,35)31-18-21(13-15-26(32)33)22(19-31)17-24(36-3)8-5-2/h5-11,14,20-22,26,32-33H,2,4,12-13,15-19H2,1,3H3/b10-6-,23-14+,24-8+. The summed E-state index contributed by atoms with van der Waals surface area (Å²) in [4.78, 5) is 0.168. The summed E-state index contributed by atoms with van der Waals surface area (Å²) < 4.78 is 73.8. The molecule has 1 fully saturated rings. The number of alkyl halides is 3. The summed E-state index contributed by atoms with van der Waals surface area (Å²) in [5.41, 5.74) is -0.737.